The Hall–Kier alpha value is -16.1. The van der Waals surface area contributed by atoms with E-state index in [0.717, 1.165) is 156 Å². The van der Waals surface area contributed by atoms with Gasteiger partial charge in [-0.3, -0.25) is 0 Å². The molecular formula is C123H80N2O2. The van der Waals surface area contributed by atoms with Gasteiger partial charge in [0.2, 0.25) is 0 Å². The summed E-state index contributed by atoms with van der Waals surface area (Å²) in [5.74, 6) is 3.50. The summed E-state index contributed by atoms with van der Waals surface area (Å²) in [6, 6.07) is 167. The van der Waals surface area contributed by atoms with Gasteiger partial charge in [-0.05, 0) is 211 Å². The molecule has 5 aliphatic rings. The van der Waals surface area contributed by atoms with Crippen LogP contribution in [0.15, 0.2) is 449 Å². The molecule has 2 heterocycles. The fourth-order valence-corrected chi connectivity index (χ4v) is 22.7. The zero-order valence-corrected chi connectivity index (χ0v) is 69.9. The lowest BCUT2D eigenvalue weighted by Crippen LogP contribution is -2.32. The number of hydrogen-bond donors (Lipinski definition) is 0. The number of anilines is 6. The molecule has 2 spiro atoms. The number of hydrogen-bond acceptors (Lipinski definition) is 4. The number of nitrogens with zero attached hydrogens (tertiary/aromatic N) is 2. The Bertz CT molecular complexity index is 8090. The highest BCUT2D eigenvalue weighted by Crippen LogP contribution is 2.68. The van der Waals surface area contributed by atoms with Gasteiger partial charge in [0.25, 0.3) is 0 Å². The normalized spacial score (nSPS) is 14.5. The van der Waals surface area contributed by atoms with Gasteiger partial charge in [-0.1, -0.05) is 390 Å². The van der Waals surface area contributed by atoms with E-state index in [4.69, 9.17) is 9.47 Å². The summed E-state index contributed by atoms with van der Waals surface area (Å²) in [6.07, 6.45) is 0. The van der Waals surface area contributed by atoms with Crippen LogP contribution < -0.4 is 19.3 Å². The Morgan fingerprint density at radius 3 is 1.03 bits per heavy atom. The smallest absolute Gasteiger partial charge is 0.140 e. The molecule has 0 bridgehead atoms. The van der Waals surface area contributed by atoms with Crippen LogP contribution in [-0.4, -0.2) is 0 Å². The fraction of sp³-hybridized carbons (Fsp3) is 0.0407. The van der Waals surface area contributed by atoms with Crippen LogP contribution in [0.1, 0.15) is 69.5 Å². The first-order chi connectivity index (χ1) is 62.7. The number of rotatable bonds is 11. The van der Waals surface area contributed by atoms with Crippen molar-refractivity contribution in [2.24, 2.45) is 0 Å². The van der Waals surface area contributed by atoms with Crippen LogP contribution in [-0.2, 0) is 16.2 Å². The molecule has 127 heavy (non-hydrogen) atoms. The minimum absolute atomic E-state index is 0.286. The van der Waals surface area contributed by atoms with E-state index >= 15 is 0 Å². The molecule has 2 aliphatic heterocycles. The molecular weight excluding hydrogens is 1540 g/mol. The zero-order chi connectivity index (χ0) is 83.8. The lowest BCUT2D eigenvalue weighted by atomic mass is 9.65. The first kappa shape index (κ1) is 72.5. The van der Waals surface area contributed by atoms with Crippen molar-refractivity contribution < 1.29 is 9.47 Å². The van der Waals surface area contributed by atoms with Crippen LogP contribution >= 0.6 is 0 Å². The first-order valence-corrected chi connectivity index (χ1v) is 44.2. The van der Waals surface area contributed by atoms with E-state index in [0.29, 0.717) is 0 Å². The second kappa shape index (κ2) is 27.9. The van der Waals surface area contributed by atoms with Crippen LogP contribution in [0.3, 0.4) is 0 Å². The molecule has 4 heteroatoms. The van der Waals surface area contributed by atoms with Gasteiger partial charge in [0, 0.05) is 83.2 Å². The average Bonchev–Trinajstić information content (AvgIpc) is 1.55. The summed E-state index contributed by atoms with van der Waals surface area (Å²) in [6.45, 7) is 4.79. The molecule has 3 aliphatic carbocycles. The molecule has 0 radical (unpaired) electrons. The molecule has 0 fully saturated rings. The molecule has 0 amide bonds. The third-order valence-corrected chi connectivity index (χ3v) is 28.4. The molecule has 1 atom stereocenters. The van der Waals surface area contributed by atoms with Gasteiger partial charge >= 0.3 is 0 Å². The van der Waals surface area contributed by atoms with Gasteiger partial charge in [-0.2, -0.15) is 0 Å². The molecule has 0 N–H and O–H groups in total. The first-order valence-electron chi connectivity index (χ1n) is 44.2. The van der Waals surface area contributed by atoms with Crippen molar-refractivity contribution in [1.29, 1.82) is 0 Å². The second-order valence-electron chi connectivity index (χ2n) is 35.1. The zero-order valence-electron chi connectivity index (χ0n) is 69.9. The summed E-state index contributed by atoms with van der Waals surface area (Å²) < 4.78 is 15.4. The minimum Gasteiger partial charge on any atom is -0.455 e. The van der Waals surface area contributed by atoms with Crippen LogP contribution in [0, 0.1) is 0 Å². The van der Waals surface area contributed by atoms with E-state index in [9.17, 15) is 0 Å². The number of benzene rings is 21. The quantitative estimate of drug-likeness (QED) is 0.129. The molecule has 1 unspecified atom stereocenters. The highest BCUT2D eigenvalue weighted by atomic mass is 16.5. The van der Waals surface area contributed by atoms with E-state index in [1.54, 1.807) is 0 Å². The van der Waals surface area contributed by atoms with Crippen molar-refractivity contribution in [3.8, 4) is 112 Å². The summed E-state index contributed by atoms with van der Waals surface area (Å²) in [5.41, 5.74) is 35.2. The Morgan fingerprint density at radius 2 is 0.512 bits per heavy atom. The highest BCUT2D eigenvalue weighted by molar-refractivity contribution is 6.07. The maximum absolute atomic E-state index is 7.93. The van der Waals surface area contributed by atoms with Gasteiger partial charge in [0.1, 0.15) is 23.0 Å². The molecule has 0 saturated carbocycles. The van der Waals surface area contributed by atoms with Crippen molar-refractivity contribution in [2.45, 2.75) is 30.1 Å². The van der Waals surface area contributed by atoms with Crippen molar-refractivity contribution in [3.05, 3.63) is 505 Å². The summed E-state index contributed by atoms with van der Waals surface area (Å²) in [7, 11) is 0. The molecule has 21 aromatic rings. The molecule has 4 nitrogen and oxygen atoms in total. The standard InChI is InChI=1S/C123H80N2O2/c1-121(2)105-45-23-20-41-98(105)101-66-63-91(76-114(101)121)125(90-65-72-109-104(75-90)100-43-22-24-46-106(100)122(109)110-67-55-80-31-12-15-38-95(80)117(110)126-118-96-39-16-13-32-81(96)56-68-111(118)122)115-48-26-44-94(116(115)85-34-10-5-11-35-85)86-50-49-84-58-70-113-120(102(84)73-86)127-119-97-40-17-14-33-82(97)57-69-112(119)123(113)107-47-25-21-42-99(107)103-74-89(64-71-108(103)123)124(87-59-51-78(52-60-87)77-27-6-3-7-28-77)88-61-53-83(54-62-88)93-37-19-18-36-92(93)79-29-8-4-9-30-79/h3-76H,1-2H3. The van der Waals surface area contributed by atoms with Crippen LogP contribution in [0.2, 0.25) is 0 Å². The summed E-state index contributed by atoms with van der Waals surface area (Å²) in [5, 5.41) is 8.75. The molecule has 594 valence electrons. The van der Waals surface area contributed by atoms with E-state index in [1.807, 2.05) is 0 Å². The predicted octanol–water partition coefficient (Wildman–Crippen LogP) is 32.8. The maximum atomic E-state index is 7.93. The van der Waals surface area contributed by atoms with Crippen LogP contribution in [0.25, 0.3) is 132 Å². The maximum Gasteiger partial charge on any atom is 0.140 e. The second-order valence-corrected chi connectivity index (χ2v) is 35.1. The van der Waals surface area contributed by atoms with Crippen molar-refractivity contribution >= 4 is 77.2 Å². The van der Waals surface area contributed by atoms with Gasteiger partial charge in [-0.25, -0.2) is 0 Å². The third kappa shape index (κ3) is 10.6. The van der Waals surface area contributed by atoms with E-state index < -0.39 is 10.8 Å². The lowest BCUT2D eigenvalue weighted by Gasteiger charge is -2.40. The molecule has 0 aromatic heterocycles. The summed E-state index contributed by atoms with van der Waals surface area (Å²) in [4.78, 5) is 5.00. The van der Waals surface area contributed by atoms with Gasteiger partial charge in [-0.15, -0.1) is 0 Å². The molecule has 0 saturated heterocycles. The number of fused-ring (bicyclic) bond motifs is 29. The number of ether oxygens (including phenoxy) is 2. The SMILES string of the molecule is CC1(C)c2ccccc2-c2ccc(N(c3ccc4c(c3)-c3ccccc3C43c4ccc5ccccc5c4Oc4c3ccc3ccccc43)c3cccc(-c4ccc5ccc6c(c5c4)Oc4c(ccc5ccccc45)C64c5ccccc5-c5cc(N(c6ccc(-c7ccccc7)cc6)c6ccc(-c7ccccc7-c7ccccc7)cc6)ccc54)c3-c3ccccc3)cc21. The van der Waals surface area contributed by atoms with Crippen LogP contribution in [0.4, 0.5) is 34.1 Å². The minimum atomic E-state index is -0.824. The Balaban J connectivity index is 0.667. The van der Waals surface area contributed by atoms with Crippen molar-refractivity contribution in [1.82, 2.24) is 0 Å². The van der Waals surface area contributed by atoms with E-state index in [-0.39, 0.29) is 5.41 Å². The van der Waals surface area contributed by atoms with E-state index in [2.05, 4.69) is 473 Å². The van der Waals surface area contributed by atoms with Gasteiger partial charge < -0.3 is 19.3 Å². The van der Waals surface area contributed by atoms with Crippen molar-refractivity contribution in [2.75, 3.05) is 9.80 Å². The Kier molecular flexibility index (Phi) is 15.9. The largest absolute Gasteiger partial charge is 0.455 e. The monoisotopic (exact) mass is 1620 g/mol. The average molecular weight is 1620 g/mol. The topological polar surface area (TPSA) is 24.9 Å². The summed E-state index contributed by atoms with van der Waals surface area (Å²) >= 11 is 0. The fourth-order valence-electron chi connectivity index (χ4n) is 22.7. The third-order valence-electron chi connectivity index (χ3n) is 28.4. The van der Waals surface area contributed by atoms with Crippen LogP contribution in [0.5, 0.6) is 23.0 Å². The highest BCUT2D eigenvalue weighted by Gasteiger charge is 2.54. The van der Waals surface area contributed by atoms with E-state index in [1.165, 1.54) is 89.0 Å². The van der Waals surface area contributed by atoms with Gasteiger partial charge in [0.05, 0.1) is 16.5 Å². The lowest BCUT2D eigenvalue weighted by molar-refractivity contribution is 0.447. The Morgan fingerprint density at radius 1 is 0.181 bits per heavy atom. The molecule has 26 rings (SSSR count). The van der Waals surface area contributed by atoms with Crippen molar-refractivity contribution in [3.63, 3.8) is 0 Å². The Labute approximate surface area is 738 Å². The van der Waals surface area contributed by atoms with Gasteiger partial charge in [0.15, 0.2) is 0 Å². The predicted molar refractivity (Wildman–Crippen MR) is 525 cm³/mol. The molecule has 21 aromatic carbocycles.